The molecule has 0 radical (unpaired) electrons. The molecule has 1 aliphatic carbocycles. The first kappa shape index (κ1) is 19.0. The Hall–Kier alpha value is -2.00. The van der Waals surface area contributed by atoms with Crippen LogP contribution in [-0.4, -0.2) is 63.6 Å². The van der Waals surface area contributed by atoms with Crippen molar-refractivity contribution in [1.82, 2.24) is 25.2 Å². The lowest BCUT2D eigenvalue weighted by molar-refractivity contribution is -0.158. The third-order valence-corrected chi connectivity index (χ3v) is 6.67. The van der Waals surface area contributed by atoms with Crippen molar-refractivity contribution in [2.45, 2.75) is 63.8 Å². The highest BCUT2D eigenvalue weighted by Crippen LogP contribution is 2.34. The van der Waals surface area contributed by atoms with Crippen LogP contribution in [0.5, 0.6) is 0 Å². The minimum atomic E-state index is -0.395. The van der Waals surface area contributed by atoms with E-state index in [1.807, 2.05) is 9.58 Å². The van der Waals surface area contributed by atoms with E-state index < -0.39 is 5.60 Å². The van der Waals surface area contributed by atoms with Gasteiger partial charge in [-0.1, -0.05) is 5.21 Å². The fourth-order valence-electron chi connectivity index (χ4n) is 4.73. The van der Waals surface area contributed by atoms with E-state index in [1.54, 1.807) is 0 Å². The number of nitrogens with one attached hydrogen (secondary N) is 1. The van der Waals surface area contributed by atoms with Gasteiger partial charge in [-0.3, -0.25) is 9.59 Å². The van der Waals surface area contributed by atoms with E-state index in [4.69, 9.17) is 9.47 Å². The van der Waals surface area contributed by atoms with Crippen LogP contribution in [-0.2, 0) is 38.8 Å². The Morgan fingerprint density at radius 1 is 1.14 bits per heavy atom. The van der Waals surface area contributed by atoms with Gasteiger partial charge in [0.05, 0.1) is 31.9 Å². The molecule has 1 saturated carbocycles. The molecule has 29 heavy (non-hydrogen) atoms. The largest absolute Gasteiger partial charge is 0.381 e. The van der Waals surface area contributed by atoms with Gasteiger partial charge in [-0.05, 0) is 38.5 Å². The van der Waals surface area contributed by atoms with Crippen molar-refractivity contribution in [3.8, 4) is 0 Å². The van der Waals surface area contributed by atoms with Gasteiger partial charge >= 0.3 is 0 Å². The Bertz CT molecular complexity index is 786. The predicted octanol–water partition coefficient (Wildman–Crippen LogP) is 0.622. The maximum Gasteiger partial charge on any atom is 0.225 e. The summed E-state index contributed by atoms with van der Waals surface area (Å²) in [6.07, 6.45) is 5.44. The van der Waals surface area contributed by atoms with Gasteiger partial charge in [-0.2, -0.15) is 0 Å². The zero-order valence-corrected chi connectivity index (χ0v) is 16.8. The number of carbonyl (C=O) groups excluding carboxylic acids is 2. The molecule has 3 aliphatic heterocycles. The Balaban J connectivity index is 1.23. The summed E-state index contributed by atoms with van der Waals surface area (Å²) in [7, 11) is 0. The van der Waals surface area contributed by atoms with Crippen LogP contribution in [0.1, 0.15) is 49.9 Å². The normalized spacial score (nSPS) is 27.7. The smallest absolute Gasteiger partial charge is 0.225 e. The average molecular weight is 403 g/mol. The molecule has 4 aliphatic rings. The number of aromatic nitrogens is 3. The van der Waals surface area contributed by atoms with Gasteiger partial charge in [0.25, 0.3) is 0 Å². The third kappa shape index (κ3) is 3.90. The van der Waals surface area contributed by atoms with Crippen molar-refractivity contribution < 1.29 is 19.1 Å². The Morgan fingerprint density at radius 3 is 2.76 bits per heavy atom. The summed E-state index contributed by atoms with van der Waals surface area (Å²) in [5, 5.41) is 11.6. The number of likely N-dealkylation sites (tertiary alicyclic amines) is 1. The second-order valence-corrected chi connectivity index (χ2v) is 8.85. The summed E-state index contributed by atoms with van der Waals surface area (Å²) in [4.78, 5) is 26.9. The highest BCUT2D eigenvalue weighted by atomic mass is 16.5. The lowest BCUT2D eigenvalue weighted by atomic mass is 9.89. The second kappa shape index (κ2) is 7.68. The first-order valence-electron chi connectivity index (χ1n) is 10.8. The van der Waals surface area contributed by atoms with Crippen LogP contribution in [0.4, 0.5) is 0 Å². The van der Waals surface area contributed by atoms with Crippen LogP contribution in [0, 0.1) is 11.8 Å². The third-order valence-electron chi connectivity index (χ3n) is 6.67. The summed E-state index contributed by atoms with van der Waals surface area (Å²) < 4.78 is 13.6. The molecular formula is C20H29N5O4. The van der Waals surface area contributed by atoms with Gasteiger partial charge in [0, 0.05) is 31.6 Å². The monoisotopic (exact) mass is 403 g/mol. The summed E-state index contributed by atoms with van der Waals surface area (Å²) >= 11 is 0. The number of piperidine rings is 1. The van der Waals surface area contributed by atoms with Crippen LogP contribution < -0.4 is 5.32 Å². The van der Waals surface area contributed by atoms with E-state index in [0.717, 1.165) is 56.5 Å². The summed E-state index contributed by atoms with van der Waals surface area (Å²) in [5.74, 6) is 0.604. The molecule has 1 aromatic rings. The van der Waals surface area contributed by atoms with Gasteiger partial charge in [-0.15, -0.1) is 5.10 Å². The molecule has 0 bridgehead atoms. The molecule has 1 spiro atoms. The second-order valence-electron chi connectivity index (χ2n) is 8.85. The predicted molar refractivity (Wildman–Crippen MR) is 101 cm³/mol. The van der Waals surface area contributed by atoms with Crippen molar-refractivity contribution in [3.05, 3.63) is 11.4 Å². The number of fused-ring (bicyclic) bond motifs is 1. The molecule has 2 saturated heterocycles. The van der Waals surface area contributed by atoms with Crippen LogP contribution in [0.15, 0.2) is 0 Å². The summed E-state index contributed by atoms with van der Waals surface area (Å²) in [6, 6.07) is 0. The molecule has 4 heterocycles. The zero-order chi connectivity index (χ0) is 19.8. The number of hydrogen-bond donors (Lipinski definition) is 1. The van der Waals surface area contributed by atoms with Crippen molar-refractivity contribution >= 4 is 11.8 Å². The van der Waals surface area contributed by atoms with Gasteiger partial charge < -0.3 is 19.7 Å². The quantitative estimate of drug-likeness (QED) is 0.792. The van der Waals surface area contributed by atoms with E-state index in [1.165, 1.54) is 0 Å². The van der Waals surface area contributed by atoms with Crippen molar-refractivity contribution in [1.29, 1.82) is 0 Å². The van der Waals surface area contributed by atoms with Crippen LogP contribution in [0.2, 0.25) is 0 Å². The molecule has 1 unspecified atom stereocenters. The van der Waals surface area contributed by atoms with Crippen molar-refractivity contribution in [2.24, 2.45) is 11.8 Å². The fraction of sp³-hybridized carbons (Fsp3) is 0.800. The van der Waals surface area contributed by atoms with E-state index in [0.29, 0.717) is 39.5 Å². The zero-order valence-electron chi connectivity index (χ0n) is 16.8. The molecule has 158 valence electrons. The molecule has 2 amide bonds. The van der Waals surface area contributed by atoms with Gasteiger partial charge in [0.1, 0.15) is 11.3 Å². The Kier molecular flexibility index (Phi) is 5.03. The topological polar surface area (TPSA) is 98.6 Å². The highest BCUT2D eigenvalue weighted by Gasteiger charge is 2.43. The number of nitrogens with zero attached hydrogens (tertiary/aromatic N) is 4. The highest BCUT2D eigenvalue weighted by molar-refractivity contribution is 5.80. The number of carbonyl (C=O) groups is 2. The van der Waals surface area contributed by atoms with Gasteiger partial charge in [0.2, 0.25) is 11.8 Å². The maximum atomic E-state index is 13.0. The molecule has 9 heteroatoms. The SMILES string of the molecule is O=C(NCc1nnn2c1COC1(CCCN(C(=O)C3CCOCC3)C1)C2)C1CC1. The van der Waals surface area contributed by atoms with Crippen LogP contribution >= 0.6 is 0 Å². The minimum Gasteiger partial charge on any atom is -0.381 e. The molecule has 9 nitrogen and oxygen atoms in total. The van der Waals surface area contributed by atoms with E-state index in [-0.39, 0.29) is 23.7 Å². The van der Waals surface area contributed by atoms with Crippen LogP contribution in [0.3, 0.4) is 0 Å². The number of amides is 2. The molecule has 1 N–H and O–H groups in total. The van der Waals surface area contributed by atoms with Crippen molar-refractivity contribution in [3.63, 3.8) is 0 Å². The number of ether oxygens (including phenoxy) is 2. The molecule has 0 aromatic carbocycles. The standard InChI is InChI=1S/C20H29N5O4/c26-18(14-2-3-14)21-10-16-17-11-29-20(13-25(17)23-22-16)6-1-7-24(12-20)19(27)15-4-8-28-9-5-15/h14-15H,1-13H2,(H,21,26). The Labute approximate surface area is 170 Å². The molecule has 5 rings (SSSR count). The fourth-order valence-corrected chi connectivity index (χ4v) is 4.73. The van der Waals surface area contributed by atoms with E-state index in [9.17, 15) is 9.59 Å². The van der Waals surface area contributed by atoms with Gasteiger partial charge in [-0.25, -0.2) is 4.68 Å². The van der Waals surface area contributed by atoms with Gasteiger partial charge in [0.15, 0.2) is 0 Å². The van der Waals surface area contributed by atoms with E-state index >= 15 is 0 Å². The number of rotatable bonds is 4. The maximum absolute atomic E-state index is 13.0. The van der Waals surface area contributed by atoms with E-state index in [2.05, 4.69) is 15.6 Å². The minimum absolute atomic E-state index is 0.0751. The summed E-state index contributed by atoms with van der Waals surface area (Å²) in [5.41, 5.74) is 1.31. The first-order valence-corrected chi connectivity index (χ1v) is 10.8. The molecule has 1 aromatic heterocycles. The lowest BCUT2D eigenvalue weighted by Crippen LogP contribution is -2.56. The van der Waals surface area contributed by atoms with Crippen molar-refractivity contribution in [2.75, 3.05) is 26.3 Å². The molecule has 1 atom stereocenters. The van der Waals surface area contributed by atoms with Crippen LogP contribution in [0.25, 0.3) is 0 Å². The number of hydrogen-bond acceptors (Lipinski definition) is 6. The molecular weight excluding hydrogens is 374 g/mol. The lowest BCUT2D eigenvalue weighted by Gasteiger charge is -2.45. The Morgan fingerprint density at radius 2 is 1.97 bits per heavy atom. The molecule has 3 fully saturated rings. The first-order chi connectivity index (χ1) is 14.1. The average Bonchev–Trinajstić information content (AvgIpc) is 3.53. The summed E-state index contributed by atoms with van der Waals surface area (Å²) in [6.45, 7) is 4.17.